The third-order valence-electron chi connectivity index (χ3n) is 7.31. The number of methoxy groups -OCH3 is 1. The molecule has 3 heterocycles. The first-order chi connectivity index (χ1) is 21.1. The van der Waals surface area contributed by atoms with Crippen LogP contribution >= 0.6 is 0 Å². The average Bonchev–Trinajstić information content (AvgIpc) is 3.43. The zero-order chi connectivity index (χ0) is 31.2. The zero-order valence-electron chi connectivity index (χ0n) is 23.0. The molecule has 0 unspecified atom stereocenters. The third-order valence-corrected chi connectivity index (χ3v) is 9.21. The summed E-state index contributed by atoms with van der Waals surface area (Å²) in [5.41, 5.74) is 7.64. The van der Waals surface area contributed by atoms with Crippen molar-refractivity contribution < 1.29 is 35.5 Å². The van der Waals surface area contributed by atoms with E-state index in [4.69, 9.17) is 15.6 Å². The molecule has 0 radical (unpaired) electrons. The van der Waals surface area contributed by atoms with Crippen molar-refractivity contribution in [1.82, 2.24) is 24.1 Å². The number of benzene rings is 3. The van der Waals surface area contributed by atoms with E-state index in [0.29, 0.717) is 40.2 Å². The number of para-hydroxylation sites is 1. The number of sulfonamides is 1. The number of rotatable bonds is 7. The van der Waals surface area contributed by atoms with E-state index in [1.807, 2.05) is 30.3 Å². The lowest BCUT2D eigenvalue weighted by molar-refractivity contribution is 0.254. The zero-order valence-corrected chi connectivity index (χ0v) is 23.9. The van der Waals surface area contributed by atoms with Crippen LogP contribution < -0.4 is 15.2 Å². The fraction of sp³-hybridized carbons (Fsp3) is 0.207. The summed E-state index contributed by atoms with van der Waals surface area (Å²) in [5, 5.41) is 5.17. The summed E-state index contributed by atoms with van der Waals surface area (Å²) in [7, 11) is -4.07. The molecule has 0 aliphatic carbocycles. The molecule has 228 valence electrons. The number of nitrogens with two attached hydrogens (primary N) is 1. The van der Waals surface area contributed by atoms with Crippen molar-refractivity contribution in [3.63, 3.8) is 0 Å². The molecule has 0 bridgehead atoms. The third kappa shape index (κ3) is 4.97. The van der Waals surface area contributed by atoms with Gasteiger partial charge in [-0.2, -0.15) is 13.8 Å². The van der Waals surface area contributed by atoms with Crippen LogP contribution in [0.15, 0.2) is 65.8 Å². The molecule has 5 aromatic rings. The minimum Gasteiger partial charge on any atom is -0.492 e. The highest BCUT2D eigenvalue weighted by Crippen LogP contribution is 2.39. The number of piperidine rings is 1. The van der Waals surface area contributed by atoms with Crippen molar-refractivity contribution in [3.05, 3.63) is 84.2 Å². The van der Waals surface area contributed by atoms with Gasteiger partial charge in [-0.25, -0.2) is 36.2 Å². The van der Waals surface area contributed by atoms with Gasteiger partial charge >= 0.3 is 0 Å². The van der Waals surface area contributed by atoms with Gasteiger partial charge in [0.15, 0.2) is 27.9 Å². The fourth-order valence-corrected chi connectivity index (χ4v) is 6.95. The first-order valence-corrected chi connectivity index (χ1v) is 14.8. The lowest BCUT2D eigenvalue weighted by Crippen LogP contribution is -2.41. The second-order valence-electron chi connectivity index (χ2n) is 9.97. The minimum atomic E-state index is -4.90. The first-order valence-electron chi connectivity index (χ1n) is 13.3. The van der Waals surface area contributed by atoms with E-state index in [2.05, 4.69) is 14.7 Å². The number of nitrogen functional groups attached to an aromatic ring is 1. The topological polar surface area (TPSA) is 125 Å². The van der Waals surface area contributed by atoms with E-state index in [1.54, 1.807) is 24.3 Å². The largest absolute Gasteiger partial charge is 0.492 e. The number of ether oxygens (including phenoxy) is 2. The average molecular weight is 629 g/mol. The Morgan fingerprint density at radius 1 is 0.909 bits per heavy atom. The second kappa shape index (κ2) is 11.4. The highest BCUT2D eigenvalue weighted by molar-refractivity contribution is 7.89. The van der Waals surface area contributed by atoms with Gasteiger partial charge in [0.1, 0.15) is 29.3 Å². The van der Waals surface area contributed by atoms with Crippen molar-refractivity contribution in [2.45, 2.75) is 23.8 Å². The van der Waals surface area contributed by atoms with Crippen LogP contribution in [-0.4, -0.2) is 52.7 Å². The van der Waals surface area contributed by atoms with Crippen molar-refractivity contribution in [3.8, 4) is 28.5 Å². The van der Waals surface area contributed by atoms with Crippen LogP contribution in [0.25, 0.3) is 22.3 Å². The van der Waals surface area contributed by atoms with Gasteiger partial charge < -0.3 is 15.2 Å². The maximum atomic E-state index is 14.8. The van der Waals surface area contributed by atoms with Crippen LogP contribution in [0.3, 0.4) is 0 Å². The van der Waals surface area contributed by atoms with Gasteiger partial charge in [-0.15, -0.1) is 0 Å². The Morgan fingerprint density at radius 3 is 2.30 bits per heavy atom. The summed E-state index contributed by atoms with van der Waals surface area (Å²) in [6.45, 7) is -0.371. The number of aromatic nitrogens is 4. The summed E-state index contributed by atoms with van der Waals surface area (Å²) in [6, 6.07) is 15.7. The quantitative estimate of drug-likeness (QED) is 0.143. The molecule has 1 saturated heterocycles. The molecule has 0 saturated carbocycles. The molecule has 1 atom stereocenters. The van der Waals surface area contributed by atoms with Crippen LogP contribution in [0, 0.1) is 23.3 Å². The van der Waals surface area contributed by atoms with Crippen LogP contribution in [-0.2, 0) is 10.0 Å². The molecule has 1 aliphatic heterocycles. The van der Waals surface area contributed by atoms with Gasteiger partial charge in [-0.1, -0.05) is 18.2 Å². The Labute approximate surface area is 248 Å². The van der Waals surface area contributed by atoms with E-state index < -0.39 is 50.0 Å². The molecule has 15 heteroatoms. The number of hydrogen-bond donors (Lipinski definition) is 1. The molecular formula is C29H24F4N6O4S. The molecule has 0 amide bonds. The minimum absolute atomic E-state index is 0.103. The molecule has 2 N–H and O–H groups in total. The maximum Gasteiger partial charge on any atom is 0.250 e. The van der Waals surface area contributed by atoms with Crippen molar-refractivity contribution in [2.75, 3.05) is 25.9 Å². The van der Waals surface area contributed by atoms with E-state index >= 15 is 0 Å². The van der Waals surface area contributed by atoms with E-state index in [9.17, 15) is 26.0 Å². The van der Waals surface area contributed by atoms with E-state index in [-0.39, 0.29) is 25.3 Å². The number of fused-ring (bicyclic) bond motifs is 1. The number of hydrogen-bond acceptors (Lipinski definition) is 8. The number of halogens is 4. The van der Waals surface area contributed by atoms with Gasteiger partial charge in [0.05, 0.1) is 18.5 Å². The van der Waals surface area contributed by atoms with Gasteiger partial charge in [0.25, 0.3) is 0 Å². The highest BCUT2D eigenvalue weighted by Gasteiger charge is 2.40. The number of anilines is 1. The Kier molecular flexibility index (Phi) is 7.59. The predicted octanol–water partition coefficient (Wildman–Crippen LogP) is 5.46. The molecule has 44 heavy (non-hydrogen) atoms. The molecule has 10 nitrogen and oxygen atoms in total. The summed E-state index contributed by atoms with van der Waals surface area (Å²) in [4.78, 5) is 7.03. The Morgan fingerprint density at radius 2 is 1.59 bits per heavy atom. The van der Waals surface area contributed by atoms with Crippen LogP contribution in [0.5, 0.6) is 17.2 Å². The molecule has 6 rings (SSSR count). The number of nitrogens with zero attached hydrogens (tertiary/aromatic N) is 5. The van der Waals surface area contributed by atoms with Crippen molar-refractivity contribution in [1.29, 1.82) is 0 Å². The standard InChI is InChI=1S/C29H24F4N6O4S/c1-42-26-23(32)21(30)22(31)24(33)27(26)44(40,41)38-13-5-6-17(14-38)39-29-20(28(34)35-15-36-29)25(37-39)16-9-11-19(12-10-16)43-18-7-3-2-4-8-18/h2-4,7-12,15,17H,5-6,13-14H2,1H3,(H2,34,35,36)/t17-/m1/s1. The Hall–Kier alpha value is -4.76. The molecular weight excluding hydrogens is 604 g/mol. The Balaban J connectivity index is 1.36. The lowest BCUT2D eigenvalue weighted by Gasteiger charge is -2.32. The van der Waals surface area contributed by atoms with Gasteiger partial charge in [-0.05, 0) is 49.2 Å². The highest BCUT2D eigenvalue weighted by atomic mass is 32.2. The van der Waals surface area contributed by atoms with Crippen molar-refractivity contribution in [2.24, 2.45) is 0 Å². The normalized spacial score (nSPS) is 15.9. The van der Waals surface area contributed by atoms with E-state index in [0.717, 1.165) is 11.4 Å². The van der Waals surface area contributed by atoms with Gasteiger partial charge in [0.2, 0.25) is 21.7 Å². The lowest BCUT2D eigenvalue weighted by atomic mass is 10.1. The summed E-state index contributed by atoms with van der Waals surface area (Å²) < 4.78 is 97.2. The molecule has 0 spiro atoms. The SMILES string of the molecule is COc1c(F)c(F)c(F)c(F)c1S(=O)(=O)N1CCC[C@@H](n2nc(-c3ccc(Oc4ccccc4)cc3)c3c(N)ncnc32)C1. The monoisotopic (exact) mass is 628 g/mol. The predicted molar refractivity (Wildman–Crippen MR) is 152 cm³/mol. The van der Waals surface area contributed by atoms with Gasteiger partial charge in [0, 0.05) is 18.7 Å². The summed E-state index contributed by atoms with van der Waals surface area (Å²) in [6.07, 6.45) is 1.96. The van der Waals surface area contributed by atoms with Crippen LogP contribution in [0.2, 0.25) is 0 Å². The smallest absolute Gasteiger partial charge is 0.250 e. The molecule has 1 fully saturated rings. The first kappa shape index (κ1) is 29.3. The Bertz CT molecular complexity index is 1970. The molecule has 2 aromatic heterocycles. The summed E-state index contributed by atoms with van der Waals surface area (Å²) >= 11 is 0. The second-order valence-corrected chi connectivity index (χ2v) is 11.8. The summed E-state index contributed by atoms with van der Waals surface area (Å²) in [5.74, 6) is -8.33. The van der Waals surface area contributed by atoms with Crippen molar-refractivity contribution >= 4 is 26.9 Å². The van der Waals surface area contributed by atoms with E-state index in [1.165, 1.54) is 11.0 Å². The van der Waals surface area contributed by atoms with Crippen LogP contribution in [0.4, 0.5) is 23.4 Å². The van der Waals surface area contributed by atoms with Crippen LogP contribution in [0.1, 0.15) is 18.9 Å². The fourth-order valence-electron chi connectivity index (χ4n) is 5.23. The molecule has 1 aliphatic rings. The molecule has 3 aromatic carbocycles. The van der Waals surface area contributed by atoms with Gasteiger partial charge in [-0.3, -0.25) is 0 Å². The maximum absolute atomic E-state index is 14.8.